The van der Waals surface area contributed by atoms with E-state index in [1.807, 2.05) is 19.2 Å². The highest BCUT2D eigenvalue weighted by Gasteiger charge is 2.21. The Kier molecular flexibility index (Phi) is 10.7. The quantitative estimate of drug-likeness (QED) is 0.369. The number of benzene rings is 1. The van der Waals surface area contributed by atoms with Crippen molar-refractivity contribution in [3.63, 3.8) is 0 Å². The van der Waals surface area contributed by atoms with Crippen LogP contribution in [0.2, 0.25) is 5.02 Å². The monoisotopic (exact) mass is 464 g/mol. The molecule has 136 valence electrons. The van der Waals surface area contributed by atoms with Gasteiger partial charge in [0.15, 0.2) is 5.96 Å². The van der Waals surface area contributed by atoms with E-state index < -0.39 is 0 Å². The normalized spacial score (nSPS) is 18.3. The number of likely N-dealkylation sites (tertiary alicyclic amines) is 1. The SMILES string of the molecule is CCCN1CCC(CNC(=NC)NCCc2ccc(Cl)cc2)C1.I. The standard InChI is InChI=1S/C18H29ClN4.HI/c1-3-11-23-12-9-16(14-23)13-22-18(20-2)21-10-8-15-4-6-17(19)7-5-15;/h4-7,16H,3,8-14H2,1-2H3,(H2,20,21,22);1H. The van der Waals surface area contributed by atoms with Gasteiger partial charge < -0.3 is 15.5 Å². The maximum Gasteiger partial charge on any atom is 0.190 e. The maximum atomic E-state index is 5.90. The number of guanidine groups is 1. The summed E-state index contributed by atoms with van der Waals surface area (Å²) in [6.45, 7) is 7.79. The molecule has 1 saturated heterocycles. The first-order chi connectivity index (χ1) is 11.2. The molecule has 0 saturated carbocycles. The number of aliphatic imine (C=N–C) groups is 1. The van der Waals surface area contributed by atoms with Crippen molar-refractivity contribution in [2.24, 2.45) is 10.9 Å². The molecule has 1 aliphatic heterocycles. The molecule has 0 aliphatic carbocycles. The van der Waals surface area contributed by atoms with Gasteiger partial charge in [-0.3, -0.25) is 4.99 Å². The predicted octanol–water partition coefficient (Wildman–Crippen LogP) is 3.40. The van der Waals surface area contributed by atoms with Crippen LogP contribution in [-0.2, 0) is 6.42 Å². The Hall–Kier alpha value is -0.530. The largest absolute Gasteiger partial charge is 0.356 e. The summed E-state index contributed by atoms with van der Waals surface area (Å²) in [6, 6.07) is 8.01. The molecule has 6 heteroatoms. The fourth-order valence-corrected chi connectivity index (χ4v) is 3.16. The number of hydrogen-bond acceptors (Lipinski definition) is 2. The molecule has 1 atom stereocenters. The first-order valence-electron chi connectivity index (χ1n) is 8.62. The van der Waals surface area contributed by atoms with Gasteiger partial charge in [0.1, 0.15) is 0 Å². The van der Waals surface area contributed by atoms with E-state index >= 15 is 0 Å². The lowest BCUT2D eigenvalue weighted by Crippen LogP contribution is -2.41. The molecule has 1 heterocycles. The van der Waals surface area contributed by atoms with Crippen LogP contribution in [0.1, 0.15) is 25.3 Å². The second-order valence-electron chi connectivity index (χ2n) is 6.21. The van der Waals surface area contributed by atoms with E-state index in [9.17, 15) is 0 Å². The lowest BCUT2D eigenvalue weighted by atomic mass is 10.1. The highest BCUT2D eigenvalue weighted by atomic mass is 127. The van der Waals surface area contributed by atoms with Gasteiger partial charge in [0.25, 0.3) is 0 Å². The van der Waals surface area contributed by atoms with Crippen LogP contribution >= 0.6 is 35.6 Å². The summed E-state index contributed by atoms with van der Waals surface area (Å²) in [6.07, 6.45) is 3.49. The average molecular weight is 465 g/mol. The Morgan fingerprint density at radius 3 is 2.71 bits per heavy atom. The van der Waals surface area contributed by atoms with Gasteiger partial charge in [0, 0.05) is 31.7 Å². The van der Waals surface area contributed by atoms with Gasteiger partial charge in [0.05, 0.1) is 0 Å². The fraction of sp³-hybridized carbons (Fsp3) is 0.611. The minimum atomic E-state index is 0. The van der Waals surface area contributed by atoms with E-state index in [1.165, 1.54) is 38.0 Å². The maximum absolute atomic E-state index is 5.90. The lowest BCUT2D eigenvalue weighted by molar-refractivity contribution is 0.324. The van der Waals surface area contributed by atoms with Crippen LogP contribution in [0.3, 0.4) is 0 Å². The van der Waals surface area contributed by atoms with Crippen LogP contribution in [0.4, 0.5) is 0 Å². The van der Waals surface area contributed by atoms with Crippen molar-refractivity contribution in [2.75, 3.05) is 39.8 Å². The van der Waals surface area contributed by atoms with E-state index in [2.05, 4.69) is 39.6 Å². The number of nitrogens with zero attached hydrogens (tertiary/aromatic N) is 2. The van der Waals surface area contributed by atoms with Gasteiger partial charge in [0.2, 0.25) is 0 Å². The van der Waals surface area contributed by atoms with Crippen LogP contribution in [0.25, 0.3) is 0 Å². The van der Waals surface area contributed by atoms with Crippen molar-refractivity contribution >= 4 is 41.5 Å². The van der Waals surface area contributed by atoms with E-state index in [1.54, 1.807) is 0 Å². The van der Waals surface area contributed by atoms with Crippen molar-refractivity contribution in [1.82, 2.24) is 15.5 Å². The summed E-state index contributed by atoms with van der Waals surface area (Å²) < 4.78 is 0. The summed E-state index contributed by atoms with van der Waals surface area (Å²) in [5.41, 5.74) is 1.28. The summed E-state index contributed by atoms with van der Waals surface area (Å²) in [7, 11) is 1.83. The van der Waals surface area contributed by atoms with Crippen molar-refractivity contribution < 1.29 is 0 Å². The van der Waals surface area contributed by atoms with Crippen molar-refractivity contribution in [1.29, 1.82) is 0 Å². The molecule has 4 nitrogen and oxygen atoms in total. The Bertz CT molecular complexity index is 492. The Morgan fingerprint density at radius 1 is 1.29 bits per heavy atom. The van der Waals surface area contributed by atoms with Crippen LogP contribution < -0.4 is 10.6 Å². The first kappa shape index (κ1) is 21.5. The molecule has 0 radical (unpaired) electrons. The van der Waals surface area contributed by atoms with Crippen molar-refractivity contribution in [3.8, 4) is 0 Å². The molecule has 0 amide bonds. The third kappa shape index (κ3) is 7.57. The second kappa shape index (κ2) is 11.9. The van der Waals surface area contributed by atoms with Gasteiger partial charge in [-0.25, -0.2) is 0 Å². The third-order valence-electron chi connectivity index (χ3n) is 4.31. The average Bonchev–Trinajstić information content (AvgIpc) is 3.00. The smallest absolute Gasteiger partial charge is 0.190 e. The van der Waals surface area contributed by atoms with Gasteiger partial charge in [-0.1, -0.05) is 30.7 Å². The minimum absolute atomic E-state index is 0. The molecule has 1 aromatic rings. The van der Waals surface area contributed by atoms with E-state index in [0.29, 0.717) is 0 Å². The number of halogens is 2. The number of rotatable bonds is 7. The van der Waals surface area contributed by atoms with E-state index in [-0.39, 0.29) is 24.0 Å². The molecule has 0 aromatic heterocycles. The molecule has 2 rings (SSSR count). The van der Waals surface area contributed by atoms with Crippen LogP contribution in [0.15, 0.2) is 29.3 Å². The Balaban J connectivity index is 0.00000288. The van der Waals surface area contributed by atoms with E-state index in [0.717, 1.165) is 36.4 Å². The second-order valence-corrected chi connectivity index (χ2v) is 6.65. The number of nitrogens with one attached hydrogen (secondary N) is 2. The van der Waals surface area contributed by atoms with Crippen LogP contribution in [-0.4, -0.2) is 50.6 Å². The molecular weight excluding hydrogens is 435 g/mol. The Labute approximate surface area is 168 Å². The first-order valence-corrected chi connectivity index (χ1v) is 9.00. The summed E-state index contributed by atoms with van der Waals surface area (Å²) in [5.74, 6) is 1.63. The summed E-state index contributed by atoms with van der Waals surface area (Å²) in [5, 5.41) is 7.63. The molecule has 1 aliphatic rings. The van der Waals surface area contributed by atoms with Crippen LogP contribution in [0, 0.1) is 5.92 Å². The van der Waals surface area contributed by atoms with Gasteiger partial charge in [-0.05, 0) is 56.0 Å². The topological polar surface area (TPSA) is 39.7 Å². The molecule has 0 bridgehead atoms. The van der Waals surface area contributed by atoms with Gasteiger partial charge >= 0.3 is 0 Å². The molecule has 1 fully saturated rings. The zero-order valence-corrected chi connectivity index (χ0v) is 17.8. The summed E-state index contributed by atoms with van der Waals surface area (Å²) >= 11 is 5.90. The van der Waals surface area contributed by atoms with Crippen LogP contribution in [0.5, 0.6) is 0 Å². The summed E-state index contributed by atoms with van der Waals surface area (Å²) in [4.78, 5) is 6.87. The molecule has 1 unspecified atom stereocenters. The molecule has 24 heavy (non-hydrogen) atoms. The van der Waals surface area contributed by atoms with Crippen molar-refractivity contribution in [2.45, 2.75) is 26.2 Å². The predicted molar refractivity (Wildman–Crippen MR) is 115 cm³/mol. The Morgan fingerprint density at radius 2 is 2.04 bits per heavy atom. The molecule has 0 spiro atoms. The fourth-order valence-electron chi connectivity index (χ4n) is 3.04. The molecule has 1 aromatic carbocycles. The zero-order valence-electron chi connectivity index (χ0n) is 14.7. The van der Waals surface area contributed by atoms with Crippen molar-refractivity contribution in [3.05, 3.63) is 34.9 Å². The minimum Gasteiger partial charge on any atom is -0.356 e. The van der Waals surface area contributed by atoms with Gasteiger partial charge in [-0.2, -0.15) is 0 Å². The zero-order chi connectivity index (χ0) is 16.5. The van der Waals surface area contributed by atoms with Gasteiger partial charge in [-0.15, -0.1) is 24.0 Å². The number of hydrogen-bond donors (Lipinski definition) is 2. The van der Waals surface area contributed by atoms with E-state index in [4.69, 9.17) is 11.6 Å². The molecule has 2 N–H and O–H groups in total. The molecular formula is C18H30ClIN4. The highest BCUT2D eigenvalue weighted by molar-refractivity contribution is 14.0. The highest BCUT2D eigenvalue weighted by Crippen LogP contribution is 2.15. The lowest BCUT2D eigenvalue weighted by Gasteiger charge is -2.17. The third-order valence-corrected chi connectivity index (χ3v) is 4.56.